The third kappa shape index (κ3) is 2.37. The van der Waals surface area contributed by atoms with Crippen molar-refractivity contribution in [3.8, 4) is 0 Å². The first-order chi connectivity index (χ1) is 7.31. The highest BCUT2D eigenvalue weighted by Crippen LogP contribution is 2.31. The first-order valence-corrected chi connectivity index (χ1v) is 5.77. The van der Waals surface area contributed by atoms with Crippen molar-refractivity contribution in [1.29, 1.82) is 0 Å². The number of halogens is 1. The summed E-state index contributed by atoms with van der Waals surface area (Å²) in [5.74, 6) is 1.07. The van der Waals surface area contributed by atoms with Gasteiger partial charge in [0.25, 0.3) is 0 Å². The summed E-state index contributed by atoms with van der Waals surface area (Å²) in [6.07, 6.45) is 2.31. The lowest BCUT2D eigenvalue weighted by Crippen LogP contribution is -2.16. The third-order valence-corrected chi connectivity index (χ3v) is 3.38. The van der Waals surface area contributed by atoms with Crippen LogP contribution in [0, 0.1) is 11.7 Å². The average molecular weight is 207 g/mol. The van der Waals surface area contributed by atoms with Crippen LogP contribution in [-0.4, -0.2) is 13.1 Å². The van der Waals surface area contributed by atoms with Crippen LogP contribution in [0.3, 0.4) is 0 Å². The molecule has 2 atom stereocenters. The van der Waals surface area contributed by atoms with Gasteiger partial charge >= 0.3 is 0 Å². The number of rotatable bonds is 3. The molecule has 0 aliphatic carbocycles. The first-order valence-electron chi connectivity index (χ1n) is 5.77. The Hall–Kier alpha value is -0.890. The maximum Gasteiger partial charge on any atom is 0.123 e. The lowest BCUT2D eigenvalue weighted by atomic mass is 9.83. The van der Waals surface area contributed by atoms with Gasteiger partial charge in [-0.15, -0.1) is 0 Å². The Morgan fingerprint density at radius 1 is 1.53 bits per heavy atom. The fourth-order valence-electron chi connectivity index (χ4n) is 2.60. The molecule has 2 heteroatoms. The van der Waals surface area contributed by atoms with E-state index in [9.17, 15) is 4.39 Å². The molecule has 0 radical (unpaired) electrons. The van der Waals surface area contributed by atoms with Gasteiger partial charge in [0.15, 0.2) is 0 Å². The van der Waals surface area contributed by atoms with Crippen LogP contribution in [0.4, 0.5) is 4.39 Å². The molecule has 0 amide bonds. The molecule has 0 bridgehead atoms. The van der Waals surface area contributed by atoms with E-state index in [4.69, 9.17) is 0 Å². The van der Waals surface area contributed by atoms with Crippen molar-refractivity contribution in [2.24, 2.45) is 5.92 Å². The first kappa shape index (κ1) is 10.6. The van der Waals surface area contributed by atoms with Gasteiger partial charge in [-0.25, -0.2) is 4.39 Å². The highest BCUT2D eigenvalue weighted by Gasteiger charge is 2.24. The fourth-order valence-corrected chi connectivity index (χ4v) is 2.60. The Bertz CT molecular complexity index is 318. The van der Waals surface area contributed by atoms with Crippen LogP contribution >= 0.6 is 0 Å². The Kier molecular flexibility index (Phi) is 3.37. The molecule has 1 nitrogen and oxygen atoms in total. The van der Waals surface area contributed by atoms with Crippen LogP contribution in [0.5, 0.6) is 0 Å². The Balaban J connectivity index is 2.18. The second-order valence-corrected chi connectivity index (χ2v) is 4.32. The summed E-state index contributed by atoms with van der Waals surface area (Å²) in [7, 11) is 0. The van der Waals surface area contributed by atoms with Crippen LogP contribution in [0.2, 0.25) is 0 Å². The largest absolute Gasteiger partial charge is 0.316 e. The minimum absolute atomic E-state index is 0.114. The molecule has 1 aromatic carbocycles. The molecular weight excluding hydrogens is 189 g/mol. The third-order valence-electron chi connectivity index (χ3n) is 3.38. The quantitative estimate of drug-likeness (QED) is 0.803. The van der Waals surface area contributed by atoms with E-state index in [1.165, 1.54) is 12.5 Å². The van der Waals surface area contributed by atoms with Gasteiger partial charge in [0.2, 0.25) is 0 Å². The van der Waals surface area contributed by atoms with Crippen molar-refractivity contribution >= 4 is 0 Å². The van der Waals surface area contributed by atoms with Gasteiger partial charge in [-0.2, -0.15) is 0 Å². The summed E-state index contributed by atoms with van der Waals surface area (Å²) in [4.78, 5) is 0. The molecule has 1 fully saturated rings. The summed E-state index contributed by atoms with van der Waals surface area (Å²) >= 11 is 0. The molecule has 1 N–H and O–H groups in total. The number of benzene rings is 1. The second kappa shape index (κ2) is 4.75. The molecule has 82 valence electrons. The van der Waals surface area contributed by atoms with Crippen LogP contribution < -0.4 is 5.32 Å². The van der Waals surface area contributed by atoms with Crippen molar-refractivity contribution in [1.82, 2.24) is 5.32 Å². The number of nitrogens with one attached hydrogen (secondary N) is 1. The van der Waals surface area contributed by atoms with Crippen LogP contribution in [0.25, 0.3) is 0 Å². The molecule has 1 saturated heterocycles. The van der Waals surface area contributed by atoms with Gasteiger partial charge < -0.3 is 5.32 Å². The summed E-state index contributed by atoms with van der Waals surface area (Å²) in [6.45, 7) is 4.37. The van der Waals surface area contributed by atoms with Gasteiger partial charge in [0, 0.05) is 0 Å². The van der Waals surface area contributed by atoms with Gasteiger partial charge in [-0.1, -0.05) is 19.1 Å². The molecular formula is C13H18FN. The molecule has 15 heavy (non-hydrogen) atoms. The molecule has 1 aliphatic rings. The molecule has 2 rings (SSSR count). The lowest BCUT2D eigenvalue weighted by molar-refractivity contribution is 0.444. The molecule has 1 aromatic rings. The van der Waals surface area contributed by atoms with Crippen LogP contribution in [0.15, 0.2) is 24.3 Å². The van der Waals surface area contributed by atoms with E-state index in [2.05, 4.69) is 18.3 Å². The van der Waals surface area contributed by atoms with Crippen molar-refractivity contribution < 1.29 is 4.39 Å². The predicted molar refractivity (Wildman–Crippen MR) is 60.4 cm³/mol. The van der Waals surface area contributed by atoms with E-state index in [-0.39, 0.29) is 5.82 Å². The Morgan fingerprint density at radius 2 is 2.40 bits per heavy atom. The van der Waals surface area contributed by atoms with E-state index in [1.807, 2.05) is 6.07 Å². The van der Waals surface area contributed by atoms with E-state index >= 15 is 0 Å². The fraction of sp³-hybridized carbons (Fsp3) is 0.538. The summed E-state index contributed by atoms with van der Waals surface area (Å²) in [5.41, 5.74) is 1.16. The van der Waals surface area contributed by atoms with E-state index < -0.39 is 0 Å². The zero-order valence-corrected chi connectivity index (χ0v) is 9.17. The second-order valence-electron chi connectivity index (χ2n) is 4.32. The molecule has 0 aromatic heterocycles. The van der Waals surface area contributed by atoms with E-state index in [0.29, 0.717) is 11.8 Å². The van der Waals surface area contributed by atoms with Crippen LogP contribution in [0.1, 0.15) is 31.2 Å². The topological polar surface area (TPSA) is 12.0 Å². The SMILES string of the molecule is CC[C@@H](c1cccc(F)c1)[C@H]1CCNC1. The van der Waals surface area contributed by atoms with Gasteiger partial charge in [-0.05, 0) is 55.5 Å². The van der Waals surface area contributed by atoms with Gasteiger partial charge in [0.05, 0.1) is 0 Å². The monoisotopic (exact) mass is 207 g/mol. The minimum atomic E-state index is -0.114. The van der Waals surface area contributed by atoms with E-state index in [1.54, 1.807) is 6.07 Å². The zero-order chi connectivity index (χ0) is 10.7. The standard InChI is InChI=1S/C13H18FN/c1-2-13(11-6-7-15-9-11)10-4-3-5-12(14)8-10/h3-5,8,11,13,15H,2,6-7,9H2,1H3/t11-,13-/m0/s1. The number of hydrogen-bond donors (Lipinski definition) is 1. The van der Waals surface area contributed by atoms with Gasteiger partial charge in [-0.3, -0.25) is 0 Å². The Morgan fingerprint density at radius 3 is 3.00 bits per heavy atom. The maximum absolute atomic E-state index is 13.1. The molecule has 0 saturated carbocycles. The predicted octanol–water partition coefficient (Wildman–Crippen LogP) is 2.93. The van der Waals surface area contributed by atoms with E-state index in [0.717, 1.165) is 25.1 Å². The smallest absolute Gasteiger partial charge is 0.123 e. The molecule has 1 aliphatic heterocycles. The Labute approximate surface area is 90.7 Å². The minimum Gasteiger partial charge on any atom is -0.316 e. The molecule has 0 spiro atoms. The highest BCUT2D eigenvalue weighted by molar-refractivity contribution is 5.21. The highest BCUT2D eigenvalue weighted by atomic mass is 19.1. The van der Waals surface area contributed by atoms with Crippen molar-refractivity contribution in [3.63, 3.8) is 0 Å². The molecule has 1 heterocycles. The van der Waals surface area contributed by atoms with Gasteiger partial charge in [0.1, 0.15) is 5.82 Å². The zero-order valence-electron chi connectivity index (χ0n) is 9.17. The maximum atomic E-state index is 13.1. The summed E-state index contributed by atoms with van der Waals surface area (Å²) < 4.78 is 13.1. The van der Waals surface area contributed by atoms with Crippen LogP contribution in [-0.2, 0) is 0 Å². The van der Waals surface area contributed by atoms with Crippen molar-refractivity contribution in [2.75, 3.05) is 13.1 Å². The normalized spacial score (nSPS) is 22.9. The van der Waals surface area contributed by atoms with Crippen molar-refractivity contribution in [3.05, 3.63) is 35.6 Å². The summed E-state index contributed by atoms with van der Waals surface area (Å²) in [6, 6.07) is 7.07. The summed E-state index contributed by atoms with van der Waals surface area (Å²) in [5, 5.41) is 3.38. The molecule has 0 unspecified atom stereocenters. The average Bonchev–Trinajstić information content (AvgIpc) is 2.72. The number of hydrogen-bond acceptors (Lipinski definition) is 1. The van der Waals surface area contributed by atoms with Crippen molar-refractivity contribution in [2.45, 2.75) is 25.7 Å². The lowest BCUT2D eigenvalue weighted by Gasteiger charge is -2.21.